The van der Waals surface area contributed by atoms with Gasteiger partial charge in [-0.15, -0.1) is 0 Å². The predicted molar refractivity (Wildman–Crippen MR) is 210 cm³/mol. The van der Waals surface area contributed by atoms with Crippen LogP contribution in [0.15, 0.2) is 66.7 Å². The number of hydrogen-bond donors (Lipinski definition) is 1. The fraction of sp³-hybridized carbons (Fsp3) is 0.512. The molecule has 0 radical (unpaired) electrons. The van der Waals surface area contributed by atoms with E-state index in [1.807, 2.05) is 48.5 Å². The van der Waals surface area contributed by atoms with Gasteiger partial charge in [-0.05, 0) is 86.4 Å². The third-order valence-electron chi connectivity index (χ3n) is 11.3. The summed E-state index contributed by atoms with van der Waals surface area (Å²) in [5.41, 5.74) is 4.67. The molecule has 0 saturated carbocycles. The highest BCUT2D eigenvalue weighted by Crippen LogP contribution is 2.60. The number of anilines is 2. The Labute approximate surface area is 302 Å². The maximum absolute atomic E-state index is 15.0. The minimum atomic E-state index is -2.54. The first-order chi connectivity index (χ1) is 23.0. The molecule has 0 aromatic heterocycles. The highest BCUT2D eigenvalue weighted by atomic mass is 28.4. The third kappa shape index (κ3) is 6.86. The van der Waals surface area contributed by atoms with Crippen LogP contribution in [-0.2, 0) is 18.4 Å². The number of hydrogen-bond acceptors (Lipinski definition) is 6. The molecule has 270 valence electrons. The van der Waals surface area contributed by atoms with E-state index >= 15 is 0 Å². The van der Waals surface area contributed by atoms with Crippen LogP contribution in [0.4, 0.5) is 11.4 Å². The van der Waals surface area contributed by atoms with Gasteiger partial charge in [0.1, 0.15) is 5.75 Å². The largest absolute Gasteiger partial charge is 0.494 e. The Hall–Kier alpha value is -3.25. The molecule has 2 aliphatic rings. The number of amides is 2. The maximum Gasteiger partial charge on any atom is 0.240 e. The average Bonchev–Trinajstić information content (AvgIpc) is 3.26. The molecule has 1 N–H and O–H groups in total. The summed E-state index contributed by atoms with van der Waals surface area (Å²) in [6.45, 7) is 28.4. The number of imide groups is 1. The first-order valence-electron chi connectivity index (χ1n) is 17.9. The van der Waals surface area contributed by atoms with Crippen LogP contribution in [-0.4, -0.2) is 41.1 Å². The molecule has 3 aromatic rings. The number of benzene rings is 3. The number of nitrogens with zero attached hydrogens (tertiary/aromatic N) is 1. The van der Waals surface area contributed by atoms with E-state index in [0.717, 1.165) is 27.9 Å². The van der Waals surface area contributed by atoms with E-state index in [0.29, 0.717) is 11.4 Å². The topological polar surface area (TPSA) is 77.1 Å². The molecular weight excluding hydrogens is 657 g/mol. The summed E-state index contributed by atoms with van der Waals surface area (Å²) in [4.78, 5) is 31.3. The van der Waals surface area contributed by atoms with Crippen LogP contribution in [0, 0.1) is 11.8 Å². The summed E-state index contributed by atoms with van der Waals surface area (Å²) < 4.78 is 21.2. The lowest BCUT2D eigenvalue weighted by Gasteiger charge is -2.48. The van der Waals surface area contributed by atoms with E-state index in [4.69, 9.17) is 13.6 Å². The number of para-hydroxylation sites is 1. The van der Waals surface area contributed by atoms with E-state index in [9.17, 15) is 9.59 Å². The quantitative estimate of drug-likeness (QED) is 0.185. The van der Waals surface area contributed by atoms with Gasteiger partial charge in [0.25, 0.3) is 0 Å². The molecule has 4 atom stereocenters. The van der Waals surface area contributed by atoms with Gasteiger partial charge in [0, 0.05) is 16.7 Å². The summed E-state index contributed by atoms with van der Waals surface area (Å²) in [6, 6.07) is 21.7. The van der Waals surface area contributed by atoms with Crippen LogP contribution in [0.1, 0.15) is 85.6 Å². The van der Waals surface area contributed by atoms with Crippen molar-refractivity contribution in [1.82, 2.24) is 0 Å². The Morgan fingerprint density at radius 3 is 1.60 bits per heavy atom. The SMILES string of the molecule is COc1c(NC(C)(C)C)c(-c2ccccc2)cc2c1[C@@H](O[Si](C)(C)C(C)(C)C)[C@@H]1C(=O)N(c3ccccc3)C(=O)[C@@H]1[C@@H]2O[Si](C)(C)C(C)(C)C. The van der Waals surface area contributed by atoms with Gasteiger partial charge in [-0.3, -0.25) is 9.59 Å². The fourth-order valence-corrected chi connectivity index (χ4v) is 9.11. The Kier molecular flexibility index (Phi) is 9.93. The van der Waals surface area contributed by atoms with Gasteiger partial charge < -0.3 is 18.9 Å². The monoisotopic (exact) mass is 714 g/mol. The van der Waals surface area contributed by atoms with Gasteiger partial charge in [0.2, 0.25) is 11.8 Å². The van der Waals surface area contributed by atoms with Crippen molar-refractivity contribution in [3.05, 3.63) is 77.9 Å². The lowest BCUT2D eigenvalue weighted by atomic mass is 9.72. The summed E-state index contributed by atoms with van der Waals surface area (Å²) in [5, 5.41) is 3.46. The van der Waals surface area contributed by atoms with Crippen molar-refractivity contribution in [2.75, 3.05) is 17.3 Å². The highest BCUT2D eigenvalue weighted by Gasteiger charge is 2.62. The number of rotatable bonds is 8. The summed E-state index contributed by atoms with van der Waals surface area (Å²) in [6.07, 6.45) is -1.43. The average molecular weight is 715 g/mol. The number of nitrogens with one attached hydrogen (secondary N) is 1. The zero-order chi connectivity index (χ0) is 37.2. The summed E-state index contributed by atoms with van der Waals surface area (Å²) >= 11 is 0. The summed E-state index contributed by atoms with van der Waals surface area (Å²) in [7, 11) is -3.37. The zero-order valence-electron chi connectivity index (χ0n) is 32.6. The van der Waals surface area contributed by atoms with Crippen molar-refractivity contribution in [1.29, 1.82) is 0 Å². The second-order valence-electron chi connectivity index (χ2n) is 18.1. The van der Waals surface area contributed by atoms with Crippen molar-refractivity contribution in [2.45, 2.75) is 116 Å². The standard InChI is InChI=1S/C41H58N2O5Si2/c1-39(2,3)42-33-28(26-21-17-15-18-22-26)25-29-30(36(33)46-10)35(48-50(13,14)41(7,8)9)32-31(34(29)47-49(11,12)40(4,5)6)37(44)43(38(32)45)27-23-19-16-20-24-27/h15-25,31-32,34-35,42H,1-14H3/t31-,32+,34+,35+/m0/s1. The molecule has 0 bridgehead atoms. The van der Waals surface area contributed by atoms with Crippen molar-refractivity contribution < 1.29 is 23.2 Å². The number of methoxy groups -OCH3 is 1. The molecule has 9 heteroatoms. The van der Waals surface area contributed by atoms with Crippen LogP contribution in [0.5, 0.6) is 5.75 Å². The fourth-order valence-electron chi connectivity index (χ4n) is 6.59. The normalized spacial score (nSPS) is 21.6. The summed E-state index contributed by atoms with van der Waals surface area (Å²) in [5.74, 6) is -1.47. The third-order valence-corrected chi connectivity index (χ3v) is 20.2. The smallest absolute Gasteiger partial charge is 0.240 e. The van der Waals surface area contributed by atoms with E-state index in [1.165, 1.54) is 4.90 Å². The molecule has 0 unspecified atom stereocenters. The molecule has 0 spiro atoms. The molecule has 1 aliphatic heterocycles. The molecule has 1 saturated heterocycles. The lowest BCUT2D eigenvalue weighted by molar-refractivity contribution is -0.129. The molecule has 7 nitrogen and oxygen atoms in total. The Balaban J connectivity index is 1.91. The number of ether oxygens (including phenoxy) is 1. The number of fused-ring (bicyclic) bond motifs is 2. The lowest BCUT2D eigenvalue weighted by Crippen LogP contribution is -2.49. The Morgan fingerprint density at radius 2 is 1.14 bits per heavy atom. The van der Waals surface area contributed by atoms with E-state index in [1.54, 1.807) is 7.11 Å². The molecule has 50 heavy (non-hydrogen) atoms. The zero-order valence-corrected chi connectivity index (χ0v) is 34.6. The van der Waals surface area contributed by atoms with Crippen LogP contribution in [0.2, 0.25) is 36.3 Å². The molecule has 1 heterocycles. The van der Waals surface area contributed by atoms with Gasteiger partial charge in [-0.1, -0.05) is 90.1 Å². The number of carbonyl (C=O) groups excluding carboxylic acids is 2. The van der Waals surface area contributed by atoms with Crippen LogP contribution in [0.25, 0.3) is 11.1 Å². The van der Waals surface area contributed by atoms with Crippen molar-refractivity contribution >= 4 is 39.8 Å². The Bertz CT molecular complexity index is 1740. The molecule has 1 fully saturated rings. The predicted octanol–water partition coefficient (Wildman–Crippen LogP) is 10.5. The molecule has 3 aromatic carbocycles. The van der Waals surface area contributed by atoms with Crippen molar-refractivity contribution in [3.63, 3.8) is 0 Å². The van der Waals surface area contributed by atoms with E-state index < -0.39 is 40.7 Å². The second-order valence-corrected chi connectivity index (χ2v) is 27.6. The van der Waals surface area contributed by atoms with Gasteiger partial charge in [-0.25, -0.2) is 4.90 Å². The van der Waals surface area contributed by atoms with E-state index in [2.05, 4.69) is 112 Å². The van der Waals surface area contributed by atoms with Crippen LogP contribution < -0.4 is 15.0 Å². The highest BCUT2D eigenvalue weighted by molar-refractivity contribution is 6.74. The van der Waals surface area contributed by atoms with Crippen LogP contribution >= 0.6 is 0 Å². The van der Waals surface area contributed by atoms with Crippen molar-refractivity contribution in [2.24, 2.45) is 11.8 Å². The molecule has 2 amide bonds. The maximum atomic E-state index is 15.0. The number of carbonyl (C=O) groups is 2. The first kappa shape index (κ1) is 38.0. The Morgan fingerprint density at radius 1 is 0.680 bits per heavy atom. The van der Waals surface area contributed by atoms with Crippen molar-refractivity contribution in [3.8, 4) is 16.9 Å². The molecular formula is C41H58N2O5Si2. The van der Waals surface area contributed by atoms with E-state index in [-0.39, 0.29) is 27.4 Å². The van der Waals surface area contributed by atoms with Gasteiger partial charge in [0.15, 0.2) is 16.6 Å². The minimum Gasteiger partial charge on any atom is -0.494 e. The minimum absolute atomic E-state index is 0.151. The molecule has 5 rings (SSSR count). The van der Waals surface area contributed by atoms with Gasteiger partial charge >= 0.3 is 0 Å². The van der Waals surface area contributed by atoms with Crippen LogP contribution in [0.3, 0.4) is 0 Å². The van der Waals surface area contributed by atoms with Gasteiger partial charge in [0.05, 0.1) is 42.5 Å². The molecule has 1 aliphatic carbocycles. The first-order valence-corrected chi connectivity index (χ1v) is 23.7. The van der Waals surface area contributed by atoms with Gasteiger partial charge in [-0.2, -0.15) is 0 Å². The second kappa shape index (κ2) is 13.1.